The molecule has 2 N–H and O–H groups in total. The fraction of sp³-hybridized carbons (Fsp3) is 0.533. The number of rotatable bonds is 4. The highest BCUT2D eigenvalue weighted by Gasteiger charge is 2.31. The summed E-state index contributed by atoms with van der Waals surface area (Å²) < 4.78 is 13.9. The van der Waals surface area contributed by atoms with E-state index in [1.54, 1.807) is 12.1 Å². The minimum atomic E-state index is -0.703. The van der Waals surface area contributed by atoms with Gasteiger partial charge in [-0.05, 0) is 44.7 Å². The van der Waals surface area contributed by atoms with E-state index in [2.05, 4.69) is 5.32 Å². The van der Waals surface area contributed by atoms with E-state index in [4.69, 9.17) is 5.11 Å². The zero-order valence-corrected chi connectivity index (χ0v) is 11.1. The lowest BCUT2D eigenvalue weighted by Gasteiger charge is -2.32. The van der Waals surface area contributed by atoms with Crippen molar-refractivity contribution in [2.24, 2.45) is 11.8 Å². The molecule has 1 unspecified atom stereocenters. The van der Waals surface area contributed by atoms with Crippen LogP contribution in [0.15, 0.2) is 24.3 Å². The Morgan fingerprint density at radius 2 is 1.95 bits per heavy atom. The van der Waals surface area contributed by atoms with Crippen molar-refractivity contribution in [3.63, 3.8) is 0 Å². The normalized spacial score (nSPS) is 24.9. The predicted molar refractivity (Wildman–Crippen MR) is 71.3 cm³/mol. The van der Waals surface area contributed by atoms with Crippen LogP contribution in [0.1, 0.15) is 37.3 Å². The smallest absolute Gasteiger partial charge is 0.306 e. The number of nitrogens with one attached hydrogen (secondary N) is 1. The average Bonchev–Trinajstić information content (AvgIpc) is 2.42. The number of aliphatic carboxylic acids is 1. The molecule has 19 heavy (non-hydrogen) atoms. The van der Waals surface area contributed by atoms with Crippen LogP contribution in [0.3, 0.4) is 0 Å². The summed E-state index contributed by atoms with van der Waals surface area (Å²) in [5, 5.41) is 12.2. The monoisotopic (exact) mass is 265 g/mol. The number of hydrogen-bond donors (Lipinski definition) is 2. The molecule has 0 radical (unpaired) electrons. The van der Waals surface area contributed by atoms with Gasteiger partial charge in [0.15, 0.2) is 0 Å². The van der Waals surface area contributed by atoms with Crippen molar-refractivity contribution in [2.75, 3.05) is 7.05 Å². The van der Waals surface area contributed by atoms with Crippen molar-refractivity contribution in [3.8, 4) is 0 Å². The Kier molecular flexibility index (Phi) is 4.53. The van der Waals surface area contributed by atoms with Gasteiger partial charge >= 0.3 is 5.97 Å². The Balaban J connectivity index is 2.08. The molecule has 4 heteroatoms. The predicted octanol–water partition coefficient (Wildman–Crippen LogP) is 2.98. The summed E-state index contributed by atoms with van der Waals surface area (Å²) in [6, 6.07) is 6.77. The summed E-state index contributed by atoms with van der Waals surface area (Å²) >= 11 is 0. The Bertz CT molecular complexity index is 442. The molecule has 0 saturated heterocycles. The maximum absolute atomic E-state index is 13.9. The third-order valence-electron chi connectivity index (χ3n) is 4.14. The summed E-state index contributed by atoms with van der Waals surface area (Å²) in [7, 11) is 1.83. The van der Waals surface area contributed by atoms with E-state index >= 15 is 0 Å². The lowest BCUT2D eigenvalue weighted by atomic mass is 9.76. The number of benzene rings is 1. The maximum Gasteiger partial charge on any atom is 0.306 e. The third-order valence-corrected chi connectivity index (χ3v) is 4.14. The Labute approximate surface area is 112 Å². The van der Waals surface area contributed by atoms with Crippen molar-refractivity contribution in [1.29, 1.82) is 0 Å². The van der Waals surface area contributed by atoms with Gasteiger partial charge in [-0.2, -0.15) is 0 Å². The third kappa shape index (κ3) is 3.13. The minimum Gasteiger partial charge on any atom is -0.481 e. The van der Waals surface area contributed by atoms with E-state index in [0.29, 0.717) is 24.3 Å². The number of halogens is 1. The molecule has 104 valence electrons. The van der Waals surface area contributed by atoms with Crippen LogP contribution >= 0.6 is 0 Å². The highest BCUT2D eigenvalue weighted by atomic mass is 19.1. The van der Waals surface area contributed by atoms with Gasteiger partial charge in [-0.1, -0.05) is 18.2 Å². The van der Waals surface area contributed by atoms with E-state index in [9.17, 15) is 9.18 Å². The number of carboxylic acids is 1. The second kappa shape index (κ2) is 6.15. The topological polar surface area (TPSA) is 49.3 Å². The van der Waals surface area contributed by atoms with Crippen LogP contribution < -0.4 is 5.32 Å². The Hall–Kier alpha value is -1.42. The quantitative estimate of drug-likeness (QED) is 0.880. The molecule has 0 bridgehead atoms. The van der Waals surface area contributed by atoms with E-state index in [1.807, 2.05) is 13.1 Å². The minimum absolute atomic E-state index is 0.0315. The van der Waals surface area contributed by atoms with E-state index in [-0.39, 0.29) is 17.8 Å². The van der Waals surface area contributed by atoms with Gasteiger partial charge in [0.25, 0.3) is 0 Å². The molecule has 1 aliphatic carbocycles. The molecule has 0 amide bonds. The fourth-order valence-corrected chi connectivity index (χ4v) is 3.07. The van der Waals surface area contributed by atoms with Crippen LogP contribution in [0.25, 0.3) is 0 Å². The first-order chi connectivity index (χ1) is 9.13. The molecular formula is C15H20FNO2. The summed E-state index contributed by atoms with van der Waals surface area (Å²) in [6.07, 6.45) is 3.03. The lowest BCUT2D eigenvalue weighted by molar-refractivity contribution is -0.143. The molecule has 1 aromatic rings. The van der Waals surface area contributed by atoms with Crippen LogP contribution in [0.5, 0.6) is 0 Å². The lowest BCUT2D eigenvalue weighted by Crippen LogP contribution is -2.31. The summed E-state index contributed by atoms with van der Waals surface area (Å²) in [5.41, 5.74) is 0.684. The molecule has 0 aliphatic heterocycles. The van der Waals surface area contributed by atoms with Gasteiger partial charge in [0.1, 0.15) is 5.82 Å². The number of carbonyl (C=O) groups is 1. The van der Waals surface area contributed by atoms with Gasteiger partial charge in [0.2, 0.25) is 0 Å². The standard InChI is InChI=1S/C15H20FNO2/c1-17-14(12-4-2-3-5-13(12)16)10-6-8-11(9-7-10)15(18)19/h2-5,10-11,14,17H,6-9H2,1H3,(H,18,19). The summed E-state index contributed by atoms with van der Waals surface area (Å²) in [6.45, 7) is 0. The van der Waals surface area contributed by atoms with Crippen LogP contribution in [0.2, 0.25) is 0 Å². The van der Waals surface area contributed by atoms with Crippen LogP contribution in [0, 0.1) is 17.7 Å². The maximum atomic E-state index is 13.9. The van der Waals surface area contributed by atoms with Crippen molar-refractivity contribution in [1.82, 2.24) is 5.32 Å². The Morgan fingerprint density at radius 3 is 2.47 bits per heavy atom. The van der Waals surface area contributed by atoms with Gasteiger partial charge in [-0.15, -0.1) is 0 Å². The highest BCUT2D eigenvalue weighted by Crippen LogP contribution is 2.37. The van der Waals surface area contributed by atoms with Gasteiger partial charge in [0, 0.05) is 11.6 Å². The molecule has 0 aromatic heterocycles. The molecule has 0 spiro atoms. The molecular weight excluding hydrogens is 245 g/mol. The first-order valence-electron chi connectivity index (χ1n) is 6.78. The molecule has 0 heterocycles. The molecule has 1 saturated carbocycles. The number of carboxylic acid groups (broad SMARTS) is 1. The second-order valence-electron chi connectivity index (χ2n) is 5.24. The zero-order chi connectivity index (χ0) is 13.8. The van der Waals surface area contributed by atoms with Crippen LogP contribution in [-0.2, 0) is 4.79 Å². The van der Waals surface area contributed by atoms with E-state index in [0.717, 1.165) is 12.8 Å². The van der Waals surface area contributed by atoms with Gasteiger partial charge < -0.3 is 10.4 Å². The van der Waals surface area contributed by atoms with Crippen molar-refractivity contribution in [3.05, 3.63) is 35.6 Å². The van der Waals surface area contributed by atoms with E-state index < -0.39 is 5.97 Å². The molecule has 3 nitrogen and oxygen atoms in total. The summed E-state index contributed by atoms with van der Waals surface area (Å²) in [5.74, 6) is -0.820. The first kappa shape index (κ1) is 14.0. The fourth-order valence-electron chi connectivity index (χ4n) is 3.07. The molecule has 1 fully saturated rings. The molecule has 1 aromatic carbocycles. The molecule has 1 aliphatic rings. The first-order valence-corrected chi connectivity index (χ1v) is 6.78. The zero-order valence-electron chi connectivity index (χ0n) is 11.1. The van der Waals surface area contributed by atoms with Crippen molar-refractivity contribution < 1.29 is 14.3 Å². The van der Waals surface area contributed by atoms with E-state index in [1.165, 1.54) is 6.07 Å². The van der Waals surface area contributed by atoms with Gasteiger partial charge in [-0.25, -0.2) is 4.39 Å². The SMILES string of the molecule is CNC(c1ccccc1F)C1CCC(C(=O)O)CC1. The molecule has 2 rings (SSSR count). The second-order valence-corrected chi connectivity index (χ2v) is 5.24. The van der Waals surface area contributed by atoms with Crippen LogP contribution in [-0.4, -0.2) is 18.1 Å². The summed E-state index contributed by atoms with van der Waals surface area (Å²) in [4.78, 5) is 10.9. The van der Waals surface area contributed by atoms with Crippen LogP contribution in [0.4, 0.5) is 4.39 Å². The van der Waals surface area contributed by atoms with Gasteiger partial charge in [-0.3, -0.25) is 4.79 Å². The van der Waals surface area contributed by atoms with Crippen molar-refractivity contribution in [2.45, 2.75) is 31.7 Å². The van der Waals surface area contributed by atoms with Gasteiger partial charge in [0.05, 0.1) is 5.92 Å². The molecule has 1 atom stereocenters. The number of hydrogen-bond acceptors (Lipinski definition) is 2. The largest absolute Gasteiger partial charge is 0.481 e. The highest BCUT2D eigenvalue weighted by molar-refractivity contribution is 5.70. The average molecular weight is 265 g/mol. The Morgan fingerprint density at radius 1 is 1.32 bits per heavy atom. The van der Waals surface area contributed by atoms with Crippen molar-refractivity contribution >= 4 is 5.97 Å².